The van der Waals surface area contributed by atoms with Gasteiger partial charge in [-0.05, 0) is 48.7 Å². The van der Waals surface area contributed by atoms with Crippen LogP contribution in [-0.2, 0) is 0 Å². The molecule has 3 N–H and O–H groups in total. The van der Waals surface area contributed by atoms with Gasteiger partial charge in [-0.1, -0.05) is 30.3 Å². The maximum atomic E-state index is 10.5. The average molecular weight is 381 g/mol. The van der Waals surface area contributed by atoms with E-state index in [9.17, 15) is 10.2 Å². The van der Waals surface area contributed by atoms with E-state index in [2.05, 4.69) is 27.2 Å². The van der Waals surface area contributed by atoms with Crippen molar-refractivity contribution in [3.63, 3.8) is 0 Å². The summed E-state index contributed by atoms with van der Waals surface area (Å²) in [4.78, 5) is 2.25. The number of nitrogens with zero attached hydrogens (tertiary/aromatic N) is 2. The van der Waals surface area contributed by atoms with Gasteiger partial charge in [0.05, 0.1) is 6.20 Å². The van der Waals surface area contributed by atoms with Gasteiger partial charge in [-0.25, -0.2) is 0 Å². The van der Waals surface area contributed by atoms with Crippen LogP contribution in [0.15, 0.2) is 48.8 Å². The maximum Gasteiger partial charge on any atom is 0.128 e. The van der Waals surface area contributed by atoms with Crippen molar-refractivity contribution in [2.75, 3.05) is 32.8 Å². The molecule has 0 bridgehead atoms. The predicted molar refractivity (Wildman–Crippen MR) is 109 cm³/mol. The van der Waals surface area contributed by atoms with Crippen molar-refractivity contribution < 1.29 is 14.9 Å². The summed E-state index contributed by atoms with van der Waals surface area (Å²) >= 11 is 0. The second kappa shape index (κ2) is 8.73. The molecule has 28 heavy (non-hydrogen) atoms. The predicted octanol–water partition coefficient (Wildman–Crippen LogP) is 2.67. The molecule has 1 atom stereocenters. The molecule has 2 heterocycles. The average Bonchev–Trinajstić information content (AvgIpc) is 3.26. The van der Waals surface area contributed by atoms with Crippen LogP contribution in [0.4, 0.5) is 0 Å². The van der Waals surface area contributed by atoms with Crippen molar-refractivity contribution in [3.8, 4) is 16.9 Å². The summed E-state index contributed by atoms with van der Waals surface area (Å²) in [7, 11) is 0. The first kappa shape index (κ1) is 18.9. The molecule has 1 unspecified atom stereocenters. The van der Waals surface area contributed by atoms with Gasteiger partial charge >= 0.3 is 0 Å². The van der Waals surface area contributed by atoms with Gasteiger partial charge in [0.15, 0.2) is 0 Å². The third-order valence-corrected chi connectivity index (χ3v) is 5.54. The van der Waals surface area contributed by atoms with Crippen LogP contribution in [0.1, 0.15) is 12.8 Å². The van der Waals surface area contributed by atoms with Crippen molar-refractivity contribution in [1.29, 1.82) is 0 Å². The number of β-amino-alcohol motifs (C(OH)–C–C–N with tert-alkyl or cyclic N) is 1. The molecule has 0 amide bonds. The topological polar surface area (TPSA) is 81.6 Å². The van der Waals surface area contributed by atoms with Gasteiger partial charge in [0.25, 0.3) is 0 Å². The fraction of sp³-hybridized carbons (Fsp3) is 0.409. The lowest BCUT2D eigenvalue weighted by Crippen LogP contribution is -2.41. The van der Waals surface area contributed by atoms with E-state index in [1.165, 1.54) is 0 Å². The Bertz CT molecular complexity index is 889. The number of aromatic amines is 1. The fourth-order valence-corrected chi connectivity index (χ4v) is 3.95. The number of aliphatic hydroxyl groups is 2. The molecule has 0 spiro atoms. The molecule has 1 saturated heterocycles. The summed E-state index contributed by atoms with van der Waals surface area (Å²) in [6, 6.07) is 12.2. The fourth-order valence-electron chi connectivity index (χ4n) is 3.95. The van der Waals surface area contributed by atoms with Crippen LogP contribution in [0.3, 0.4) is 0 Å². The molecule has 2 aromatic carbocycles. The lowest BCUT2D eigenvalue weighted by atomic mass is 9.98. The Kier molecular flexibility index (Phi) is 5.90. The highest BCUT2D eigenvalue weighted by Crippen LogP contribution is 2.36. The second-order valence-electron chi connectivity index (χ2n) is 7.54. The number of piperidine rings is 1. The van der Waals surface area contributed by atoms with Crippen molar-refractivity contribution in [2.24, 2.45) is 5.92 Å². The molecular formula is C22H27N3O3. The van der Waals surface area contributed by atoms with Crippen molar-refractivity contribution in [3.05, 3.63) is 48.8 Å². The third-order valence-electron chi connectivity index (χ3n) is 5.54. The summed E-state index contributed by atoms with van der Waals surface area (Å²) in [5.41, 5.74) is 1.95. The van der Waals surface area contributed by atoms with E-state index in [4.69, 9.17) is 4.74 Å². The molecule has 4 rings (SSSR count). The highest BCUT2D eigenvalue weighted by molar-refractivity contribution is 5.99. The van der Waals surface area contributed by atoms with E-state index in [1.54, 1.807) is 6.20 Å². The molecule has 0 saturated carbocycles. The number of hydrogen-bond acceptors (Lipinski definition) is 5. The van der Waals surface area contributed by atoms with Crippen LogP contribution in [0.25, 0.3) is 21.9 Å². The number of H-pyrrole nitrogens is 1. The molecule has 6 heteroatoms. The maximum absolute atomic E-state index is 10.5. The van der Waals surface area contributed by atoms with Crippen molar-refractivity contribution >= 4 is 10.8 Å². The first-order valence-corrected chi connectivity index (χ1v) is 9.89. The molecule has 148 valence electrons. The largest absolute Gasteiger partial charge is 0.490 e. The molecule has 0 aliphatic carbocycles. The van der Waals surface area contributed by atoms with Crippen LogP contribution in [-0.4, -0.2) is 64.3 Å². The number of aliphatic hydroxyl groups excluding tert-OH is 2. The smallest absolute Gasteiger partial charge is 0.128 e. The number of ether oxygens (including phenoxy) is 1. The highest BCUT2D eigenvalue weighted by atomic mass is 16.5. The van der Waals surface area contributed by atoms with E-state index in [0.29, 0.717) is 12.5 Å². The Morgan fingerprint density at radius 2 is 2.00 bits per heavy atom. The van der Waals surface area contributed by atoms with E-state index >= 15 is 0 Å². The minimum atomic E-state index is -0.561. The Hall–Kier alpha value is -2.41. The van der Waals surface area contributed by atoms with Gasteiger partial charge in [0.2, 0.25) is 0 Å². The first-order chi connectivity index (χ1) is 13.7. The third kappa shape index (κ3) is 4.19. The molecule has 1 fully saturated rings. The second-order valence-corrected chi connectivity index (χ2v) is 7.54. The zero-order chi connectivity index (χ0) is 19.3. The van der Waals surface area contributed by atoms with Gasteiger partial charge in [-0.2, -0.15) is 5.10 Å². The summed E-state index contributed by atoms with van der Waals surface area (Å²) in [5, 5.41) is 28.9. The Labute approximate surface area is 164 Å². The number of fused-ring (bicyclic) bond motifs is 1. The monoisotopic (exact) mass is 381 g/mol. The number of nitrogens with one attached hydrogen (secondary N) is 1. The quantitative estimate of drug-likeness (QED) is 0.586. The molecule has 1 aromatic heterocycles. The normalized spacial score (nSPS) is 17.1. The molecule has 3 aromatic rings. The molecular weight excluding hydrogens is 354 g/mol. The lowest BCUT2D eigenvalue weighted by molar-refractivity contribution is 0.0490. The summed E-state index contributed by atoms with van der Waals surface area (Å²) in [6.45, 7) is 2.92. The van der Waals surface area contributed by atoms with E-state index < -0.39 is 6.10 Å². The number of likely N-dealkylation sites (tertiary alicyclic amines) is 1. The van der Waals surface area contributed by atoms with Crippen LogP contribution in [0, 0.1) is 5.92 Å². The summed E-state index contributed by atoms with van der Waals surface area (Å²) < 4.78 is 6.06. The zero-order valence-electron chi connectivity index (χ0n) is 15.9. The molecule has 1 aliphatic rings. The van der Waals surface area contributed by atoms with Crippen LogP contribution in [0.5, 0.6) is 5.75 Å². The lowest BCUT2D eigenvalue weighted by Gasteiger charge is -2.32. The summed E-state index contributed by atoms with van der Waals surface area (Å²) in [6.07, 6.45) is 5.06. The van der Waals surface area contributed by atoms with Crippen LogP contribution >= 0.6 is 0 Å². The standard InChI is InChI=1S/C22H27N3O3/c26-14-16-7-9-25(10-8-16)13-19(27)15-28-21-6-5-17-3-1-2-4-20(17)22(21)18-11-23-24-12-18/h1-6,11-12,16,19,26-27H,7-10,13-15H2,(H,23,24). The van der Waals surface area contributed by atoms with Crippen LogP contribution < -0.4 is 4.74 Å². The van der Waals surface area contributed by atoms with E-state index in [1.807, 2.05) is 30.5 Å². The van der Waals surface area contributed by atoms with E-state index in [0.717, 1.165) is 53.6 Å². The number of aromatic nitrogens is 2. The zero-order valence-corrected chi connectivity index (χ0v) is 15.9. The van der Waals surface area contributed by atoms with Crippen LogP contribution in [0.2, 0.25) is 0 Å². The highest BCUT2D eigenvalue weighted by Gasteiger charge is 2.21. The van der Waals surface area contributed by atoms with Gasteiger partial charge in [0.1, 0.15) is 18.5 Å². The summed E-state index contributed by atoms with van der Waals surface area (Å²) in [5.74, 6) is 1.15. The van der Waals surface area contributed by atoms with Crippen molar-refractivity contribution in [1.82, 2.24) is 15.1 Å². The molecule has 0 radical (unpaired) electrons. The Balaban J connectivity index is 1.45. The van der Waals surface area contributed by atoms with Gasteiger partial charge in [0, 0.05) is 30.5 Å². The first-order valence-electron chi connectivity index (χ1n) is 9.89. The number of benzene rings is 2. The van der Waals surface area contributed by atoms with Gasteiger partial charge in [-0.3, -0.25) is 5.10 Å². The minimum Gasteiger partial charge on any atom is -0.490 e. The Morgan fingerprint density at radius 1 is 1.18 bits per heavy atom. The number of hydrogen-bond donors (Lipinski definition) is 3. The van der Waals surface area contributed by atoms with Gasteiger partial charge < -0.3 is 19.8 Å². The number of rotatable bonds is 7. The minimum absolute atomic E-state index is 0.239. The van der Waals surface area contributed by atoms with Gasteiger partial charge in [-0.15, -0.1) is 0 Å². The Morgan fingerprint density at radius 3 is 2.75 bits per heavy atom. The van der Waals surface area contributed by atoms with E-state index in [-0.39, 0.29) is 13.2 Å². The SMILES string of the molecule is OCC1CCN(CC(O)COc2ccc3ccccc3c2-c2cn[nH]c2)CC1. The van der Waals surface area contributed by atoms with Crippen molar-refractivity contribution in [2.45, 2.75) is 18.9 Å². The molecule has 1 aliphatic heterocycles. The molecule has 6 nitrogen and oxygen atoms in total.